The largest absolute Gasteiger partial charge is 0.455 e. The van der Waals surface area contributed by atoms with E-state index in [4.69, 9.17) is 4.74 Å². The molecule has 3 aromatic heterocycles. The number of carbonyl (C=O) groups is 2. The van der Waals surface area contributed by atoms with E-state index in [0.29, 0.717) is 0 Å². The molecule has 3 rings (SSSR count). The van der Waals surface area contributed by atoms with Crippen LogP contribution in [-0.4, -0.2) is 34.2 Å². The van der Waals surface area contributed by atoms with Gasteiger partial charge in [-0.3, -0.25) is 9.59 Å². The Kier molecular flexibility index (Phi) is 6.00. The smallest absolute Gasteiger partial charge is 0.316 e. The number of fused-ring (bicyclic) bond motifs is 1. The first-order chi connectivity index (χ1) is 12.1. The van der Waals surface area contributed by atoms with Gasteiger partial charge in [0.2, 0.25) is 0 Å². The van der Waals surface area contributed by atoms with Crippen LogP contribution in [0.25, 0.3) is 10.2 Å². The first-order valence-corrected chi connectivity index (χ1v) is 10.2. The van der Waals surface area contributed by atoms with E-state index in [-0.39, 0.29) is 24.3 Å². The topological polar surface area (TPSA) is 81.2 Å². The summed E-state index contributed by atoms with van der Waals surface area (Å²) in [6, 6.07) is 5.70. The third kappa shape index (κ3) is 4.77. The van der Waals surface area contributed by atoms with Gasteiger partial charge < -0.3 is 10.1 Å². The number of esters is 1. The highest BCUT2D eigenvalue weighted by Gasteiger charge is 2.14. The van der Waals surface area contributed by atoms with E-state index in [9.17, 15) is 9.59 Å². The maximum absolute atomic E-state index is 11.9. The lowest BCUT2D eigenvalue weighted by Gasteiger charge is -2.12. The lowest BCUT2D eigenvalue weighted by Crippen LogP contribution is -2.31. The van der Waals surface area contributed by atoms with Gasteiger partial charge in [-0.05, 0) is 29.8 Å². The van der Waals surface area contributed by atoms with E-state index in [0.717, 1.165) is 20.1 Å². The molecule has 3 heterocycles. The number of ether oxygens (including phenoxy) is 1. The maximum atomic E-state index is 11.9. The average molecular weight is 394 g/mol. The van der Waals surface area contributed by atoms with Crippen molar-refractivity contribution in [2.24, 2.45) is 0 Å². The first-order valence-electron chi connectivity index (χ1n) is 7.43. The summed E-state index contributed by atoms with van der Waals surface area (Å²) in [4.78, 5) is 34.0. The zero-order valence-electron chi connectivity index (χ0n) is 13.3. The maximum Gasteiger partial charge on any atom is 0.316 e. The molecule has 9 heteroatoms. The van der Waals surface area contributed by atoms with Gasteiger partial charge in [-0.2, -0.15) is 0 Å². The minimum Gasteiger partial charge on any atom is -0.455 e. The third-order valence-electron chi connectivity index (χ3n) is 3.26. The molecule has 0 fully saturated rings. The van der Waals surface area contributed by atoms with Crippen LogP contribution in [0, 0.1) is 0 Å². The van der Waals surface area contributed by atoms with E-state index in [1.165, 1.54) is 29.4 Å². The number of thiophene rings is 2. The number of hydrogen-bond acceptors (Lipinski definition) is 8. The van der Waals surface area contributed by atoms with Crippen molar-refractivity contribution in [3.05, 3.63) is 40.2 Å². The summed E-state index contributed by atoms with van der Waals surface area (Å²) in [5.41, 5.74) is 0. The van der Waals surface area contributed by atoms with Crippen molar-refractivity contribution in [3.8, 4) is 0 Å². The van der Waals surface area contributed by atoms with Crippen LogP contribution in [0.3, 0.4) is 0 Å². The minimum absolute atomic E-state index is 0.0930. The molecule has 0 saturated carbocycles. The third-order valence-corrected chi connectivity index (χ3v) is 6.12. The second-order valence-electron chi connectivity index (χ2n) is 5.07. The number of nitrogens with one attached hydrogen (secondary N) is 1. The summed E-state index contributed by atoms with van der Waals surface area (Å²) in [6.07, 6.45) is 1.48. The highest BCUT2D eigenvalue weighted by atomic mass is 32.2. The van der Waals surface area contributed by atoms with Gasteiger partial charge in [0, 0.05) is 10.3 Å². The number of aromatic nitrogens is 2. The van der Waals surface area contributed by atoms with Gasteiger partial charge in [-0.15, -0.1) is 22.7 Å². The lowest BCUT2D eigenvalue weighted by atomic mass is 10.3. The average Bonchev–Trinajstić information content (AvgIpc) is 3.29. The highest BCUT2D eigenvalue weighted by molar-refractivity contribution is 8.00. The summed E-state index contributed by atoms with van der Waals surface area (Å²) in [6.45, 7) is 1.61. The standard InChI is InChI=1S/C16H15N3O3S3/c1-10(12-3-2-5-23-12)19-13(20)7-22-14(21)8-25-16-11-4-6-24-15(11)17-9-18-16/h2-6,9-10H,7-8H2,1H3,(H,19,20)/t10-/m1/s1. The Balaban J connectivity index is 1.43. The predicted molar refractivity (Wildman–Crippen MR) is 100.0 cm³/mol. The van der Waals surface area contributed by atoms with Crippen LogP contribution in [0.4, 0.5) is 0 Å². The summed E-state index contributed by atoms with van der Waals surface area (Å²) in [5, 5.41) is 8.34. The Hall–Kier alpha value is -1.97. The van der Waals surface area contributed by atoms with E-state index < -0.39 is 5.97 Å². The predicted octanol–water partition coefficient (Wildman–Crippen LogP) is 3.27. The summed E-state index contributed by atoms with van der Waals surface area (Å²) in [5.74, 6) is -0.678. The van der Waals surface area contributed by atoms with E-state index in [1.54, 1.807) is 11.3 Å². The van der Waals surface area contributed by atoms with Crippen LogP contribution in [0.2, 0.25) is 0 Å². The lowest BCUT2D eigenvalue weighted by molar-refractivity contribution is -0.146. The van der Waals surface area contributed by atoms with Crippen LogP contribution < -0.4 is 5.32 Å². The molecule has 0 saturated heterocycles. The van der Waals surface area contributed by atoms with Crippen molar-refractivity contribution in [2.45, 2.75) is 18.0 Å². The molecule has 0 spiro atoms. The summed E-state index contributed by atoms with van der Waals surface area (Å²) < 4.78 is 5.03. The van der Waals surface area contributed by atoms with Gasteiger partial charge in [-0.25, -0.2) is 9.97 Å². The van der Waals surface area contributed by atoms with Gasteiger partial charge >= 0.3 is 5.97 Å². The Morgan fingerprint density at radius 3 is 2.96 bits per heavy atom. The van der Waals surface area contributed by atoms with Crippen molar-refractivity contribution >= 4 is 56.5 Å². The normalized spacial score (nSPS) is 12.0. The molecule has 0 aliphatic carbocycles. The van der Waals surface area contributed by atoms with Gasteiger partial charge in [0.15, 0.2) is 6.61 Å². The monoisotopic (exact) mass is 393 g/mol. The molecule has 6 nitrogen and oxygen atoms in total. The molecule has 0 aliphatic rings. The van der Waals surface area contributed by atoms with Crippen LogP contribution >= 0.6 is 34.4 Å². The number of carbonyl (C=O) groups excluding carboxylic acids is 2. The molecule has 130 valence electrons. The number of thioether (sulfide) groups is 1. The van der Waals surface area contributed by atoms with Crippen LogP contribution in [0.5, 0.6) is 0 Å². The molecular formula is C16H15N3O3S3. The zero-order valence-corrected chi connectivity index (χ0v) is 15.7. The van der Waals surface area contributed by atoms with Gasteiger partial charge in [0.25, 0.3) is 5.91 Å². The molecular weight excluding hydrogens is 378 g/mol. The van der Waals surface area contributed by atoms with Crippen LogP contribution in [0.15, 0.2) is 40.3 Å². The molecule has 1 atom stereocenters. The molecule has 0 bridgehead atoms. The Bertz CT molecular complexity index is 864. The Morgan fingerprint density at radius 2 is 2.16 bits per heavy atom. The molecule has 0 radical (unpaired) electrons. The quantitative estimate of drug-likeness (QED) is 0.377. The van der Waals surface area contributed by atoms with E-state index in [2.05, 4.69) is 15.3 Å². The SMILES string of the molecule is C[C@@H](NC(=O)COC(=O)CSc1ncnc2sccc12)c1cccs1. The summed E-state index contributed by atoms with van der Waals surface area (Å²) >= 11 is 4.37. The number of hydrogen-bond donors (Lipinski definition) is 1. The Morgan fingerprint density at radius 1 is 1.28 bits per heavy atom. The molecule has 0 aromatic carbocycles. The molecule has 0 aliphatic heterocycles. The molecule has 0 unspecified atom stereocenters. The number of rotatable bonds is 7. The van der Waals surface area contributed by atoms with Gasteiger partial charge in [0.05, 0.1) is 11.8 Å². The van der Waals surface area contributed by atoms with Crippen LogP contribution in [0.1, 0.15) is 17.8 Å². The molecule has 1 amide bonds. The van der Waals surface area contributed by atoms with Crippen molar-refractivity contribution in [3.63, 3.8) is 0 Å². The Labute approximate surface area is 156 Å². The molecule has 3 aromatic rings. The van der Waals surface area contributed by atoms with Crippen molar-refractivity contribution in [1.82, 2.24) is 15.3 Å². The highest BCUT2D eigenvalue weighted by Crippen LogP contribution is 2.27. The number of amides is 1. The summed E-state index contributed by atoms with van der Waals surface area (Å²) in [7, 11) is 0. The number of nitrogens with zero attached hydrogens (tertiary/aromatic N) is 2. The van der Waals surface area contributed by atoms with Crippen molar-refractivity contribution < 1.29 is 14.3 Å². The van der Waals surface area contributed by atoms with E-state index >= 15 is 0 Å². The van der Waals surface area contributed by atoms with Gasteiger partial charge in [-0.1, -0.05) is 17.8 Å². The zero-order chi connectivity index (χ0) is 17.6. The molecule has 1 N–H and O–H groups in total. The van der Waals surface area contributed by atoms with Crippen LogP contribution in [-0.2, 0) is 14.3 Å². The van der Waals surface area contributed by atoms with Gasteiger partial charge in [0.1, 0.15) is 16.2 Å². The van der Waals surface area contributed by atoms with E-state index in [1.807, 2.05) is 35.9 Å². The second kappa shape index (κ2) is 8.41. The van der Waals surface area contributed by atoms with Crippen molar-refractivity contribution in [2.75, 3.05) is 12.4 Å². The van der Waals surface area contributed by atoms with Crippen molar-refractivity contribution in [1.29, 1.82) is 0 Å². The molecule has 25 heavy (non-hydrogen) atoms. The fourth-order valence-electron chi connectivity index (χ4n) is 2.09. The minimum atomic E-state index is -0.453. The second-order valence-corrected chi connectivity index (χ2v) is 7.91. The first kappa shape index (κ1) is 17.8. The fourth-order valence-corrected chi connectivity index (χ4v) is 4.40. The fraction of sp³-hybridized carbons (Fsp3) is 0.250.